The molecule has 6 nitrogen and oxygen atoms in total. The number of amides is 1. The number of nitrogens with zero attached hydrogens (tertiary/aromatic N) is 1. The first kappa shape index (κ1) is 17.4. The molecule has 0 aromatic carbocycles. The van der Waals surface area contributed by atoms with Gasteiger partial charge in [0.25, 0.3) is 0 Å². The molecule has 0 aliphatic carbocycles. The maximum atomic E-state index is 11.9. The average molecular weight is 305 g/mol. The molecule has 1 atom stereocenters. The summed E-state index contributed by atoms with van der Waals surface area (Å²) in [5, 5.41) is 2.93. The first-order valence-corrected chi connectivity index (χ1v) is 9.23. The lowest BCUT2D eigenvalue weighted by Gasteiger charge is -2.35. The van der Waals surface area contributed by atoms with Gasteiger partial charge in [-0.15, -0.1) is 0 Å². The molecule has 0 aromatic rings. The highest BCUT2D eigenvalue weighted by Gasteiger charge is 2.24. The maximum absolute atomic E-state index is 11.9. The van der Waals surface area contributed by atoms with Gasteiger partial charge >= 0.3 is 0 Å². The molecule has 0 saturated carbocycles. The third-order valence-electron chi connectivity index (χ3n) is 3.74. The van der Waals surface area contributed by atoms with Crippen LogP contribution in [0.25, 0.3) is 0 Å². The highest BCUT2D eigenvalue weighted by Crippen LogP contribution is 2.13. The summed E-state index contributed by atoms with van der Waals surface area (Å²) in [7, 11) is -3.07. The van der Waals surface area contributed by atoms with E-state index in [1.54, 1.807) is 0 Å². The first-order valence-electron chi connectivity index (χ1n) is 7.17. The van der Waals surface area contributed by atoms with Crippen molar-refractivity contribution in [2.24, 2.45) is 5.73 Å². The predicted octanol–water partition coefficient (Wildman–Crippen LogP) is -0.263. The number of likely N-dealkylation sites (tertiary alicyclic amines) is 1. The Bertz CT molecular complexity index is 415. The lowest BCUT2D eigenvalue weighted by molar-refractivity contribution is -0.123. The maximum Gasteiger partial charge on any atom is 0.237 e. The summed E-state index contributed by atoms with van der Waals surface area (Å²) in [6.45, 7) is 6.28. The summed E-state index contributed by atoms with van der Waals surface area (Å²) < 4.78 is 22.1. The number of nitrogens with one attached hydrogen (secondary N) is 1. The number of rotatable bonds is 6. The van der Waals surface area contributed by atoms with E-state index in [4.69, 9.17) is 5.73 Å². The van der Waals surface area contributed by atoms with E-state index in [-0.39, 0.29) is 24.1 Å². The van der Waals surface area contributed by atoms with Crippen LogP contribution in [0.5, 0.6) is 0 Å². The van der Waals surface area contributed by atoms with Crippen molar-refractivity contribution in [2.75, 3.05) is 25.1 Å². The second-order valence-corrected chi connectivity index (χ2v) is 8.20. The predicted molar refractivity (Wildman–Crippen MR) is 80.2 cm³/mol. The molecule has 0 spiro atoms. The molecule has 1 fully saturated rings. The number of piperidine rings is 1. The summed E-state index contributed by atoms with van der Waals surface area (Å²) in [5.41, 5.74) is 5.73. The van der Waals surface area contributed by atoms with Gasteiger partial charge in [0.15, 0.2) is 0 Å². The lowest BCUT2D eigenvalue weighted by atomic mass is 10.0. The zero-order valence-electron chi connectivity index (χ0n) is 12.6. The van der Waals surface area contributed by atoms with E-state index in [2.05, 4.69) is 24.1 Å². The summed E-state index contributed by atoms with van der Waals surface area (Å²) in [6, 6.07) is -0.0571. The topological polar surface area (TPSA) is 92.5 Å². The summed E-state index contributed by atoms with van der Waals surface area (Å²) in [4.78, 5) is 14.3. The third kappa shape index (κ3) is 6.19. The van der Waals surface area contributed by atoms with Crippen LogP contribution in [0.4, 0.5) is 0 Å². The molecule has 1 aliphatic heterocycles. The Morgan fingerprint density at radius 3 is 2.35 bits per heavy atom. The van der Waals surface area contributed by atoms with Gasteiger partial charge in [-0.1, -0.05) is 0 Å². The SMILES string of the molecule is CC(C)N1CCC(NC(=O)C(N)CCS(C)(=O)=O)CC1. The normalized spacial score (nSPS) is 20.1. The third-order valence-corrected chi connectivity index (χ3v) is 4.72. The number of carbonyl (C=O) groups excluding carboxylic acids is 1. The molecule has 1 aliphatic rings. The highest BCUT2D eigenvalue weighted by molar-refractivity contribution is 7.90. The molecule has 1 heterocycles. The van der Waals surface area contributed by atoms with Gasteiger partial charge in [-0.2, -0.15) is 0 Å². The second-order valence-electron chi connectivity index (χ2n) is 5.94. The number of hydrogen-bond donors (Lipinski definition) is 2. The quantitative estimate of drug-likeness (QED) is 0.705. The van der Waals surface area contributed by atoms with E-state index in [0.29, 0.717) is 6.04 Å². The average Bonchev–Trinajstić information content (AvgIpc) is 2.35. The van der Waals surface area contributed by atoms with Crippen LogP contribution in [0.3, 0.4) is 0 Å². The van der Waals surface area contributed by atoms with Crippen LogP contribution in [0.2, 0.25) is 0 Å². The Morgan fingerprint density at radius 1 is 1.35 bits per heavy atom. The van der Waals surface area contributed by atoms with Crippen molar-refractivity contribution >= 4 is 15.7 Å². The van der Waals surface area contributed by atoms with Gasteiger partial charge in [0.05, 0.1) is 11.8 Å². The molecular weight excluding hydrogens is 278 g/mol. The zero-order valence-corrected chi connectivity index (χ0v) is 13.4. The van der Waals surface area contributed by atoms with Gasteiger partial charge in [0.1, 0.15) is 9.84 Å². The van der Waals surface area contributed by atoms with Gasteiger partial charge in [0, 0.05) is 31.4 Å². The molecule has 1 unspecified atom stereocenters. The highest BCUT2D eigenvalue weighted by atomic mass is 32.2. The van der Waals surface area contributed by atoms with Gasteiger partial charge in [-0.05, 0) is 33.1 Å². The fourth-order valence-corrected chi connectivity index (χ4v) is 3.02. The van der Waals surface area contributed by atoms with Crippen molar-refractivity contribution in [2.45, 2.75) is 51.2 Å². The molecule has 7 heteroatoms. The number of nitrogens with two attached hydrogens (primary N) is 1. The Balaban J connectivity index is 2.32. The minimum atomic E-state index is -3.07. The molecule has 0 radical (unpaired) electrons. The second kappa shape index (κ2) is 7.38. The first-order chi connectivity index (χ1) is 9.19. The van der Waals surface area contributed by atoms with Crippen molar-refractivity contribution < 1.29 is 13.2 Å². The van der Waals surface area contributed by atoms with E-state index in [1.165, 1.54) is 0 Å². The van der Waals surface area contributed by atoms with Crippen LogP contribution in [0.1, 0.15) is 33.1 Å². The van der Waals surface area contributed by atoms with Crippen LogP contribution in [-0.4, -0.2) is 62.4 Å². The summed E-state index contributed by atoms with van der Waals surface area (Å²) >= 11 is 0. The van der Waals surface area contributed by atoms with Crippen LogP contribution in [-0.2, 0) is 14.6 Å². The van der Waals surface area contributed by atoms with E-state index < -0.39 is 15.9 Å². The van der Waals surface area contributed by atoms with Crippen molar-refractivity contribution in [1.82, 2.24) is 10.2 Å². The van der Waals surface area contributed by atoms with Crippen LogP contribution in [0.15, 0.2) is 0 Å². The van der Waals surface area contributed by atoms with Crippen molar-refractivity contribution in [1.29, 1.82) is 0 Å². The Kier molecular flexibility index (Phi) is 6.42. The fourth-order valence-electron chi connectivity index (χ4n) is 2.34. The lowest BCUT2D eigenvalue weighted by Crippen LogP contribution is -2.50. The number of carbonyl (C=O) groups is 1. The molecule has 0 aromatic heterocycles. The summed E-state index contributed by atoms with van der Waals surface area (Å²) in [5.74, 6) is -0.287. The number of sulfone groups is 1. The molecule has 0 bridgehead atoms. The van der Waals surface area contributed by atoms with Crippen LogP contribution < -0.4 is 11.1 Å². The summed E-state index contributed by atoms with van der Waals surface area (Å²) in [6.07, 6.45) is 3.17. The molecule has 1 amide bonds. The van der Waals surface area contributed by atoms with E-state index in [0.717, 1.165) is 32.2 Å². The van der Waals surface area contributed by atoms with Crippen molar-refractivity contribution in [3.8, 4) is 0 Å². The molecule has 20 heavy (non-hydrogen) atoms. The van der Waals surface area contributed by atoms with Gasteiger partial charge < -0.3 is 16.0 Å². The van der Waals surface area contributed by atoms with Crippen LogP contribution in [0, 0.1) is 0 Å². The Labute approximate surface area is 122 Å². The Hall–Kier alpha value is -0.660. The van der Waals surface area contributed by atoms with Crippen LogP contribution >= 0.6 is 0 Å². The molecule has 1 saturated heterocycles. The minimum absolute atomic E-state index is 0.0482. The largest absolute Gasteiger partial charge is 0.352 e. The standard InChI is InChI=1S/C13H27N3O3S/c1-10(2)16-7-4-11(5-8-16)15-13(17)12(14)6-9-20(3,18)19/h10-12H,4-9,14H2,1-3H3,(H,15,17). The monoisotopic (exact) mass is 305 g/mol. The van der Waals surface area contributed by atoms with Crippen molar-refractivity contribution in [3.05, 3.63) is 0 Å². The number of hydrogen-bond acceptors (Lipinski definition) is 5. The molecular formula is C13H27N3O3S. The van der Waals surface area contributed by atoms with E-state index >= 15 is 0 Å². The van der Waals surface area contributed by atoms with Gasteiger partial charge in [-0.25, -0.2) is 8.42 Å². The van der Waals surface area contributed by atoms with E-state index in [9.17, 15) is 13.2 Å². The molecule has 118 valence electrons. The zero-order chi connectivity index (χ0) is 15.3. The molecule has 3 N–H and O–H groups in total. The van der Waals surface area contributed by atoms with Gasteiger partial charge in [0.2, 0.25) is 5.91 Å². The molecule has 1 rings (SSSR count). The minimum Gasteiger partial charge on any atom is -0.352 e. The fraction of sp³-hybridized carbons (Fsp3) is 0.923. The van der Waals surface area contributed by atoms with Gasteiger partial charge in [-0.3, -0.25) is 4.79 Å². The van der Waals surface area contributed by atoms with E-state index in [1.807, 2.05) is 0 Å². The Morgan fingerprint density at radius 2 is 1.90 bits per heavy atom. The smallest absolute Gasteiger partial charge is 0.237 e. The van der Waals surface area contributed by atoms with Crippen molar-refractivity contribution in [3.63, 3.8) is 0 Å².